The molecule has 0 bridgehead atoms. The molecule has 0 saturated heterocycles. The van der Waals surface area contributed by atoms with Gasteiger partial charge in [-0.15, -0.1) is 0 Å². The van der Waals surface area contributed by atoms with Crippen molar-refractivity contribution in [3.8, 4) is 0 Å². The van der Waals surface area contributed by atoms with Gasteiger partial charge in [-0.3, -0.25) is 14.4 Å². The van der Waals surface area contributed by atoms with Gasteiger partial charge in [0.1, 0.15) is 0 Å². The topological polar surface area (TPSA) is 153 Å². The molecule has 1 aromatic carbocycles. The number of fused-ring (bicyclic) bond motifs is 1. The Kier molecular flexibility index (Phi) is 4.61. The molecule has 2 rings (SSSR count). The van der Waals surface area contributed by atoms with Crippen LogP contribution in [0.15, 0.2) is 18.2 Å². The molecule has 1 aromatic rings. The van der Waals surface area contributed by atoms with Gasteiger partial charge in [0, 0.05) is 11.7 Å². The fourth-order valence-electron chi connectivity index (χ4n) is 2.52. The molecule has 21 heavy (non-hydrogen) atoms. The highest BCUT2D eigenvalue weighted by Crippen LogP contribution is 2.58. The van der Waals surface area contributed by atoms with Gasteiger partial charge in [-0.25, -0.2) is 0 Å². The van der Waals surface area contributed by atoms with Gasteiger partial charge in [0.2, 0.25) is 5.52 Å². The monoisotopic (exact) mass is 336 g/mol. The van der Waals surface area contributed by atoms with E-state index in [-0.39, 0.29) is 0 Å². The quantitative estimate of drug-likeness (QED) is 0.340. The second-order valence-electron chi connectivity index (χ2n) is 5.19. The van der Waals surface area contributed by atoms with Gasteiger partial charge in [0.15, 0.2) is 0 Å². The summed E-state index contributed by atoms with van der Waals surface area (Å²) in [4.78, 5) is 36.5. The van der Waals surface area contributed by atoms with Crippen molar-refractivity contribution in [2.45, 2.75) is 30.8 Å². The van der Waals surface area contributed by atoms with Crippen LogP contribution in [0.3, 0.4) is 0 Å². The number of nitrogens with one attached hydrogen (secondary N) is 1. The van der Waals surface area contributed by atoms with Crippen molar-refractivity contribution in [3.63, 3.8) is 0 Å². The second kappa shape index (κ2) is 5.82. The van der Waals surface area contributed by atoms with Crippen molar-refractivity contribution < 1.29 is 28.7 Å². The van der Waals surface area contributed by atoms with E-state index in [0.717, 1.165) is 11.1 Å². The maximum absolute atomic E-state index is 11.3. The molecule has 0 fully saturated rings. The largest absolute Gasteiger partial charge is 0.399 e. The summed E-state index contributed by atoms with van der Waals surface area (Å²) in [6.07, 6.45) is 1.59. The summed E-state index contributed by atoms with van der Waals surface area (Å²) in [6, 6.07) is 4.98. The molecule has 8 nitrogen and oxygen atoms in total. The summed E-state index contributed by atoms with van der Waals surface area (Å²) < 4.78 is 22.5. The third kappa shape index (κ3) is 4.14. The van der Waals surface area contributed by atoms with E-state index in [2.05, 4.69) is 5.32 Å². The standard InChI is InChI=1S/C11H18N2O6P2/c12-9-3-1-8-6-10(4-2-7(8)5-9)13-11(20(14,15)16)21(17,18)19/h1,3,5,10-11,13H,2,4,6,12H2,(H2,14,15,16)(H2,17,18,19). The molecular formula is C11H18N2O6P2. The number of nitrogens with two attached hydrogens (primary N) is 1. The lowest BCUT2D eigenvalue weighted by molar-refractivity contribution is 0.315. The number of rotatable bonds is 4. The van der Waals surface area contributed by atoms with E-state index >= 15 is 0 Å². The van der Waals surface area contributed by atoms with Crippen molar-refractivity contribution in [1.82, 2.24) is 5.32 Å². The van der Waals surface area contributed by atoms with Crippen molar-refractivity contribution in [3.05, 3.63) is 29.3 Å². The lowest BCUT2D eigenvalue weighted by atomic mass is 9.88. The predicted octanol–water partition coefficient (Wildman–Crippen LogP) is 0.355. The van der Waals surface area contributed by atoms with E-state index < -0.39 is 26.8 Å². The maximum atomic E-state index is 11.3. The number of anilines is 1. The van der Waals surface area contributed by atoms with Crippen molar-refractivity contribution in [1.29, 1.82) is 0 Å². The summed E-state index contributed by atoms with van der Waals surface area (Å²) in [5, 5.41) is 2.43. The highest BCUT2D eigenvalue weighted by molar-refractivity contribution is 7.70. The van der Waals surface area contributed by atoms with Gasteiger partial charge >= 0.3 is 15.2 Å². The van der Waals surface area contributed by atoms with Crippen LogP contribution in [0, 0.1) is 0 Å². The first-order chi connectivity index (χ1) is 9.57. The van der Waals surface area contributed by atoms with Crippen LogP contribution in [-0.2, 0) is 22.0 Å². The van der Waals surface area contributed by atoms with E-state index in [4.69, 9.17) is 25.3 Å². The first-order valence-corrected chi connectivity index (χ1v) is 9.67. The van der Waals surface area contributed by atoms with Crippen LogP contribution < -0.4 is 11.1 Å². The molecule has 0 aromatic heterocycles. The Labute approximate surface area is 121 Å². The SMILES string of the molecule is Nc1ccc2c(c1)CCC(NC(P(=O)(O)O)P(=O)(O)O)C2. The average molecular weight is 336 g/mol. The Bertz CT molecular complexity index is 603. The molecule has 1 unspecified atom stereocenters. The molecule has 0 heterocycles. The third-order valence-corrected chi connectivity index (χ3v) is 6.86. The Morgan fingerprint density at radius 2 is 1.76 bits per heavy atom. The Hall–Kier alpha value is -0.720. The molecule has 0 amide bonds. The zero-order valence-electron chi connectivity index (χ0n) is 11.1. The smallest absolute Gasteiger partial charge is 0.354 e. The molecule has 0 radical (unpaired) electrons. The van der Waals surface area contributed by atoms with Gasteiger partial charge in [0.05, 0.1) is 0 Å². The lowest BCUT2D eigenvalue weighted by Gasteiger charge is -2.30. The minimum absolute atomic E-state index is 0.411. The number of aryl methyl sites for hydroxylation is 1. The maximum Gasteiger partial charge on any atom is 0.354 e. The zero-order chi connectivity index (χ0) is 15.8. The lowest BCUT2D eigenvalue weighted by Crippen LogP contribution is -2.41. The fourth-order valence-corrected chi connectivity index (χ4v) is 4.90. The molecule has 0 spiro atoms. The summed E-state index contributed by atoms with van der Waals surface area (Å²) in [5.74, 6) is 0. The highest BCUT2D eigenvalue weighted by Gasteiger charge is 2.44. The average Bonchev–Trinajstić information content (AvgIpc) is 2.33. The molecule has 1 aliphatic carbocycles. The fraction of sp³-hybridized carbons (Fsp3) is 0.455. The van der Waals surface area contributed by atoms with Crippen molar-refractivity contribution >= 4 is 20.9 Å². The van der Waals surface area contributed by atoms with Gasteiger partial charge in [-0.1, -0.05) is 6.07 Å². The molecule has 118 valence electrons. The first-order valence-electron chi connectivity index (χ1n) is 6.31. The van der Waals surface area contributed by atoms with E-state index in [0.29, 0.717) is 24.9 Å². The van der Waals surface area contributed by atoms with Crippen molar-refractivity contribution in [2.75, 3.05) is 5.73 Å². The van der Waals surface area contributed by atoms with Gasteiger partial charge < -0.3 is 25.3 Å². The van der Waals surface area contributed by atoms with Crippen molar-refractivity contribution in [2.24, 2.45) is 0 Å². The number of nitrogen functional groups attached to an aromatic ring is 1. The molecule has 10 heteroatoms. The minimum atomic E-state index is -4.95. The predicted molar refractivity (Wildman–Crippen MR) is 77.7 cm³/mol. The summed E-state index contributed by atoms with van der Waals surface area (Å²) >= 11 is 0. The van der Waals surface area contributed by atoms with Gasteiger partial charge in [-0.2, -0.15) is 0 Å². The summed E-state index contributed by atoms with van der Waals surface area (Å²) in [6.45, 7) is 0. The van der Waals surface area contributed by atoms with Crippen LogP contribution in [-0.4, -0.2) is 31.1 Å². The third-order valence-electron chi connectivity index (χ3n) is 3.48. The normalized spacial score (nSPS) is 19.6. The van der Waals surface area contributed by atoms with Crippen LogP contribution in [0.4, 0.5) is 5.69 Å². The van der Waals surface area contributed by atoms with Crippen LogP contribution >= 0.6 is 15.2 Å². The second-order valence-corrected chi connectivity index (χ2v) is 8.98. The van der Waals surface area contributed by atoms with Crippen LogP contribution in [0.5, 0.6) is 0 Å². The zero-order valence-corrected chi connectivity index (χ0v) is 12.9. The van der Waals surface area contributed by atoms with E-state index in [1.165, 1.54) is 0 Å². The van der Waals surface area contributed by atoms with Crippen LogP contribution in [0.2, 0.25) is 0 Å². The minimum Gasteiger partial charge on any atom is -0.399 e. The van der Waals surface area contributed by atoms with Gasteiger partial charge in [0.25, 0.3) is 0 Å². The molecular weight excluding hydrogens is 318 g/mol. The van der Waals surface area contributed by atoms with Crippen LogP contribution in [0.25, 0.3) is 0 Å². The first kappa shape index (κ1) is 16.6. The summed E-state index contributed by atoms with van der Waals surface area (Å²) in [5.41, 5.74) is 6.18. The van der Waals surface area contributed by atoms with E-state index in [1.54, 1.807) is 6.07 Å². The molecule has 1 atom stereocenters. The summed E-state index contributed by atoms with van der Waals surface area (Å²) in [7, 11) is -9.90. The highest BCUT2D eigenvalue weighted by atomic mass is 31.2. The number of hydrogen-bond acceptors (Lipinski definition) is 4. The Morgan fingerprint density at radius 1 is 1.14 bits per heavy atom. The van der Waals surface area contributed by atoms with Gasteiger partial charge in [-0.05, 0) is 42.5 Å². The molecule has 0 saturated carbocycles. The Balaban J connectivity index is 2.16. The van der Waals surface area contributed by atoms with Crippen LogP contribution in [0.1, 0.15) is 17.5 Å². The Morgan fingerprint density at radius 3 is 2.33 bits per heavy atom. The van der Waals surface area contributed by atoms with E-state index in [9.17, 15) is 9.13 Å². The molecule has 1 aliphatic rings. The van der Waals surface area contributed by atoms with E-state index in [1.807, 2.05) is 12.1 Å². The number of hydrogen-bond donors (Lipinski definition) is 6. The molecule has 0 aliphatic heterocycles. The number of benzene rings is 1. The molecule has 7 N–H and O–H groups in total.